The molecule has 0 aromatic rings. The number of nitrogens with zero attached hydrogens (tertiary/aromatic N) is 1. The van der Waals surface area contributed by atoms with Gasteiger partial charge in [0, 0.05) is 25.7 Å². The van der Waals surface area contributed by atoms with Crippen LogP contribution in [0.5, 0.6) is 0 Å². The van der Waals surface area contributed by atoms with Gasteiger partial charge in [-0.2, -0.15) is 0 Å². The molecule has 3 heteroatoms. The monoisotopic (exact) mass is 231 g/mol. The minimum atomic E-state index is 0.237. The van der Waals surface area contributed by atoms with E-state index in [0.29, 0.717) is 12.0 Å². The average Bonchev–Trinajstić information content (AvgIpc) is 2.25. The maximum absolute atomic E-state index is 9.04. The molecule has 0 amide bonds. The van der Waals surface area contributed by atoms with Crippen LogP contribution >= 0.6 is 0 Å². The first-order valence-corrected chi connectivity index (χ1v) is 6.58. The molecule has 0 aliphatic rings. The summed E-state index contributed by atoms with van der Waals surface area (Å²) in [6, 6.07) is 0.579. The third-order valence-corrected chi connectivity index (χ3v) is 2.82. The molecule has 0 radical (unpaired) electrons. The Morgan fingerprint density at radius 2 is 1.75 bits per heavy atom. The summed E-state index contributed by atoms with van der Waals surface area (Å²) in [6.07, 6.45) is 2.28. The van der Waals surface area contributed by atoms with Crippen molar-refractivity contribution in [3.8, 4) is 0 Å². The zero-order valence-corrected chi connectivity index (χ0v) is 11.4. The summed E-state index contributed by atoms with van der Waals surface area (Å²) in [5.74, 6) is 0.597. The first-order chi connectivity index (χ1) is 7.65. The van der Waals surface area contributed by atoms with Gasteiger partial charge >= 0.3 is 0 Å². The minimum Gasteiger partial charge on any atom is -0.395 e. The smallest absolute Gasteiger partial charge is 0.0593 e. The third-order valence-electron chi connectivity index (χ3n) is 2.82. The molecule has 0 unspecified atom stereocenters. The predicted molar refractivity (Wildman–Crippen MR) is 68.7 cm³/mol. The first-order valence-electron chi connectivity index (χ1n) is 6.58. The highest BCUT2D eigenvalue weighted by molar-refractivity contribution is 4.68. The van der Waals surface area contributed by atoms with Crippen LogP contribution in [0.4, 0.5) is 0 Å². The van der Waals surface area contributed by atoms with E-state index in [0.717, 1.165) is 39.1 Å². The van der Waals surface area contributed by atoms with Gasteiger partial charge in [0.25, 0.3) is 0 Å². The summed E-state index contributed by atoms with van der Waals surface area (Å²) in [5.41, 5.74) is 0. The molecule has 0 bridgehead atoms. The van der Waals surface area contributed by atoms with Crippen LogP contribution in [0.15, 0.2) is 0 Å². The van der Waals surface area contributed by atoms with Crippen LogP contribution in [0.2, 0.25) is 0 Å². The normalized spacial score (nSPS) is 12.0. The van der Waals surface area contributed by atoms with Gasteiger partial charge in [0.15, 0.2) is 0 Å². The van der Waals surface area contributed by atoms with Crippen LogP contribution in [-0.2, 0) is 4.74 Å². The summed E-state index contributed by atoms with van der Waals surface area (Å²) in [7, 11) is 0. The average molecular weight is 231 g/mol. The molecule has 0 heterocycles. The molecule has 0 spiro atoms. The van der Waals surface area contributed by atoms with Gasteiger partial charge in [-0.15, -0.1) is 0 Å². The van der Waals surface area contributed by atoms with Crippen molar-refractivity contribution in [2.24, 2.45) is 5.92 Å². The van der Waals surface area contributed by atoms with E-state index in [9.17, 15) is 0 Å². The van der Waals surface area contributed by atoms with Gasteiger partial charge in [-0.25, -0.2) is 0 Å². The van der Waals surface area contributed by atoms with Crippen molar-refractivity contribution >= 4 is 0 Å². The van der Waals surface area contributed by atoms with E-state index in [1.807, 2.05) is 0 Å². The van der Waals surface area contributed by atoms with Crippen molar-refractivity contribution in [2.75, 3.05) is 32.9 Å². The lowest BCUT2D eigenvalue weighted by Crippen LogP contribution is -2.39. The highest BCUT2D eigenvalue weighted by Crippen LogP contribution is 2.07. The molecule has 0 aliphatic carbocycles. The Morgan fingerprint density at radius 1 is 1.12 bits per heavy atom. The van der Waals surface area contributed by atoms with Gasteiger partial charge in [0.1, 0.15) is 0 Å². The van der Waals surface area contributed by atoms with Crippen LogP contribution in [0.3, 0.4) is 0 Å². The van der Waals surface area contributed by atoms with E-state index in [4.69, 9.17) is 9.84 Å². The van der Waals surface area contributed by atoms with E-state index in [1.165, 1.54) is 0 Å². The lowest BCUT2D eigenvalue weighted by molar-refractivity contribution is 0.0621. The number of aliphatic hydroxyl groups is 1. The fourth-order valence-electron chi connectivity index (χ4n) is 1.91. The zero-order valence-electron chi connectivity index (χ0n) is 11.4. The molecule has 16 heavy (non-hydrogen) atoms. The minimum absolute atomic E-state index is 0.237. The van der Waals surface area contributed by atoms with Gasteiger partial charge in [-0.1, -0.05) is 27.7 Å². The third kappa shape index (κ3) is 7.20. The Balaban J connectivity index is 3.83. The number of aliphatic hydroxyl groups excluding tert-OH is 1. The summed E-state index contributed by atoms with van der Waals surface area (Å²) < 4.78 is 5.59. The molecule has 1 N–H and O–H groups in total. The van der Waals surface area contributed by atoms with Crippen molar-refractivity contribution in [3.05, 3.63) is 0 Å². The van der Waals surface area contributed by atoms with Crippen molar-refractivity contribution in [2.45, 2.75) is 46.6 Å². The van der Waals surface area contributed by atoms with E-state index in [2.05, 4.69) is 32.6 Å². The zero-order chi connectivity index (χ0) is 12.4. The summed E-state index contributed by atoms with van der Waals surface area (Å²) >= 11 is 0. The number of rotatable bonds is 10. The van der Waals surface area contributed by atoms with Gasteiger partial charge in [0.05, 0.1) is 13.2 Å². The van der Waals surface area contributed by atoms with Gasteiger partial charge in [-0.05, 0) is 18.8 Å². The fraction of sp³-hybridized carbons (Fsp3) is 1.00. The molecule has 3 nitrogen and oxygen atoms in total. The van der Waals surface area contributed by atoms with Crippen LogP contribution in [-0.4, -0.2) is 49.0 Å². The highest BCUT2D eigenvalue weighted by atomic mass is 16.5. The second kappa shape index (κ2) is 10.1. The molecule has 0 aromatic heterocycles. The Labute approximate surface area is 101 Å². The Kier molecular flexibility index (Phi) is 9.99. The number of hydrogen-bond acceptors (Lipinski definition) is 3. The van der Waals surface area contributed by atoms with Gasteiger partial charge in [-0.3, -0.25) is 4.90 Å². The maximum Gasteiger partial charge on any atom is 0.0593 e. The van der Waals surface area contributed by atoms with Crippen LogP contribution in [0, 0.1) is 5.92 Å². The van der Waals surface area contributed by atoms with Crippen LogP contribution in [0.1, 0.15) is 40.5 Å². The molecule has 0 saturated carbocycles. The van der Waals surface area contributed by atoms with Crippen LogP contribution < -0.4 is 0 Å². The van der Waals surface area contributed by atoms with E-state index in [-0.39, 0.29) is 6.61 Å². The van der Waals surface area contributed by atoms with Crippen molar-refractivity contribution in [1.29, 1.82) is 0 Å². The summed E-state index contributed by atoms with van der Waals surface area (Å²) in [6.45, 7) is 12.3. The second-order valence-corrected chi connectivity index (χ2v) is 4.70. The number of hydrogen-bond donors (Lipinski definition) is 1. The highest BCUT2D eigenvalue weighted by Gasteiger charge is 2.13. The molecule has 0 saturated heterocycles. The van der Waals surface area contributed by atoms with Gasteiger partial charge in [0.2, 0.25) is 0 Å². The SMILES string of the molecule is CCC(CC)N(CCO)CCOCC(C)C. The van der Waals surface area contributed by atoms with E-state index >= 15 is 0 Å². The predicted octanol–water partition coefficient (Wildman–Crippen LogP) is 2.14. The molecule has 0 fully saturated rings. The summed E-state index contributed by atoms with van der Waals surface area (Å²) in [4.78, 5) is 2.33. The van der Waals surface area contributed by atoms with E-state index < -0.39 is 0 Å². The molecular formula is C13H29NO2. The second-order valence-electron chi connectivity index (χ2n) is 4.70. The van der Waals surface area contributed by atoms with Crippen molar-refractivity contribution < 1.29 is 9.84 Å². The largest absolute Gasteiger partial charge is 0.395 e. The lowest BCUT2D eigenvalue weighted by Gasteiger charge is -2.29. The topological polar surface area (TPSA) is 32.7 Å². The Morgan fingerprint density at radius 3 is 2.19 bits per heavy atom. The van der Waals surface area contributed by atoms with E-state index in [1.54, 1.807) is 0 Å². The van der Waals surface area contributed by atoms with Crippen molar-refractivity contribution in [1.82, 2.24) is 4.90 Å². The quantitative estimate of drug-likeness (QED) is 0.585. The molecule has 0 atom stereocenters. The fourth-order valence-corrected chi connectivity index (χ4v) is 1.91. The molecule has 98 valence electrons. The maximum atomic E-state index is 9.04. The standard InChI is InChI=1S/C13H29NO2/c1-5-13(6-2)14(7-9-15)8-10-16-11-12(3)4/h12-13,15H,5-11H2,1-4H3. The van der Waals surface area contributed by atoms with Gasteiger partial charge < -0.3 is 9.84 Å². The molecular weight excluding hydrogens is 202 g/mol. The molecule has 0 aliphatic heterocycles. The molecule has 0 rings (SSSR count). The molecule has 0 aromatic carbocycles. The first kappa shape index (κ1) is 15.9. The lowest BCUT2D eigenvalue weighted by atomic mass is 10.1. The summed E-state index contributed by atoms with van der Waals surface area (Å²) in [5, 5.41) is 9.04. The van der Waals surface area contributed by atoms with Crippen molar-refractivity contribution in [3.63, 3.8) is 0 Å². The Hall–Kier alpha value is -0.120. The van der Waals surface area contributed by atoms with Crippen LogP contribution in [0.25, 0.3) is 0 Å². The Bertz CT molecular complexity index is 147. The number of ether oxygens (including phenoxy) is 1.